The number of hydrogen-bond donors (Lipinski definition) is 1. The molecule has 0 bridgehead atoms. The zero-order valence-electron chi connectivity index (χ0n) is 9.95. The molecule has 0 aliphatic carbocycles. The van der Waals surface area contributed by atoms with Crippen LogP contribution in [0.2, 0.25) is 0 Å². The number of likely N-dealkylation sites (N-methyl/N-ethyl adjacent to an activating group) is 1. The molecule has 1 fully saturated rings. The Morgan fingerprint density at radius 3 is 2.56 bits per heavy atom. The van der Waals surface area contributed by atoms with Crippen LogP contribution in [-0.2, 0) is 6.54 Å². The van der Waals surface area contributed by atoms with Gasteiger partial charge in [-0.25, -0.2) is 0 Å². The molecule has 1 N–H and O–H groups in total. The van der Waals surface area contributed by atoms with Crippen molar-refractivity contribution >= 4 is 5.69 Å². The Morgan fingerprint density at radius 1 is 1.19 bits per heavy atom. The molecule has 1 saturated heterocycles. The summed E-state index contributed by atoms with van der Waals surface area (Å²) in [5.41, 5.74) is 2.69. The van der Waals surface area contributed by atoms with E-state index in [1.807, 2.05) is 0 Å². The monoisotopic (exact) mass is 218 g/mol. The Labute approximate surface area is 98.0 Å². The number of nitrogens with zero attached hydrogens (tertiary/aromatic N) is 2. The van der Waals surface area contributed by atoms with Gasteiger partial charge < -0.3 is 15.1 Å². The van der Waals surface area contributed by atoms with Crippen LogP contribution in [0.25, 0.3) is 0 Å². The van der Waals surface area contributed by atoms with Crippen LogP contribution < -0.4 is 10.2 Å². The molecular weight excluding hydrogens is 198 g/mol. The van der Waals surface area contributed by atoms with Gasteiger partial charge in [0.25, 0.3) is 0 Å². The maximum atomic E-state index is 3.70. The van der Waals surface area contributed by atoms with E-state index in [4.69, 9.17) is 0 Å². The van der Waals surface area contributed by atoms with Gasteiger partial charge in [0, 0.05) is 45.5 Å². The first-order chi connectivity index (χ1) is 7.81. The summed E-state index contributed by atoms with van der Waals surface area (Å²) in [5.74, 6) is 0. The highest BCUT2D eigenvalue weighted by atomic mass is 15.2. The van der Waals surface area contributed by atoms with Gasteiger partial charge in [0.1, 0.15) is 0 Å². The smallest absolute Gasteiger partial charge is 0.0412 e. The Hall–Kier alpha value is -1.06. The molecule has 0 spiro atoms. The first kappa shape index (κ1) is 11.4. The number of para-hydroxylation sites is 1. The standard InChI is InChI=1S/C13H20N3/c1-14-11-12-5-3-4-6-13(12)16-9-7-15(2)8-10-16/h3-6,14H,1,7-11H2,2H3. The lowest BCUT2D eigenvalue weighted by Gasteiger charge is -2.35. The van der Waals surface area contributed by atoms with Crippen molar-refractivity contribution in [1.29, 1.82) is 0 Å². The zero-order chi connectivity index (χ0) is 11.4. The van der Waals surface area contributed by atoms with Crippen LogP contribution in [-0.4, -0.2) is 38.1 Å². The lowest BCUT2D eigenvalue weighted by atomic mass is 10.1. The fraction of sp³-hybridized carbons (Fsp3) is 0.462. The minimum Gasteiger partial charge on any atom is -0.369 e. The summed E-state index contributed by atoms with van der Waals surface area (Å²) in [6, 6.07) is 8.58. The minimum atomic E-state index is 0.836. The number of anilines is 1. The predicted molar refractivity (Wildman–Crippen MR) is 68.3 cm³/mol. The molecule has 0 aromatic heterocycles. The summed E-state index contributed by atoms with van der Waals surface area (Å²) in [6.07, 6.45) is 0. The Balaban J connectivity index is 2.13. The first-order valence-electron chi connectivity index (χ1n) is 5.82. The van der Waals surface area contributed by atoms with Gasteiger partial charge in [-0.2, -0.15) is 0 Å². The van der Waals surface area contributed by atoms with Crippen molar-refractivity contribution in [3.63, 3.8) is 0 Å². The normalized spacial score (nSPS) is 17.8. The lowest BCUT2D eigenvalue weighted by Crippen LogP contribution is -2.44. The van der Waals surface area contributed by atoms with Crippen molar-refractivity contribution < 1.29 is 0 Å². The van der Waals surface area contributed by atoms with Crippen LogP contribution in [0.4, 0.5) is 5.69 Å². The fourth-order valence-electron chi connectivity index (χ4n) is 2.15. The van der Waals surface area contributed by atoms with E-state index in [2.05, 4.69) is 53.5 Å². The predicted octanol–water partition coefficient (Wildman–Crippen LogP) is 1.32. The van der Waals surface area contributed by atoms with Gasteiger partial charge in [0.05, 0.1) is 0 Å². The summed E-state index contributed by atoms with van der Waals surface area (Å²) in [5, 5.41) is 2.99. The lowest BCUT2D eigenvalue weighted by molar-refractivity contribution is 0.312. The van der Waals surface area contributed by atoms with Gasteiger partial charge in [-0.15, -0.1) is 0 Å². The van der Waals surface area contributed by atoms with Crippen LogP contribution in [0.3, 0.4) is 0 Å². The number of nitrogens with one attached hydrogen (secondary N) is 1. The van der Waals surface area contributed by atoms with E-state index >= 15 is 0 Å². The van der Waals surface area contributed by atoms with Crippen LogP contribution in [0.15, 0.2) is 24.3 Å². The number of piperazine rings is 1. The number of benzene rings is 1. The topological polar surface area (TPSA) is 18.5 Å². The van der Waals surface area contributed by atoms with Crippen molar-refractivity contribution in [1.82, 2.24) is 10.2 Å². The second kappa shape index (κ2) is 5.32. The van der Waals surface area contributed by atoms with Gasteiger partial charge in [-0.3, -0.25) is 0 Å². The van der Waals surface area contributed by atoms with Crippen molar-refractivity contribution in [2.45, 2.75) is 6.54 Å². The Morgan fingerprint density at radius 2 is 1.88 bits per heavy atom. The van der Waals surface area contributed by atoms with Crippen LogP contribution >= 0.6 is 0 Å². The van der Waals surface area contributed by atoms with E-state index in [-0.39, 0.29) is 0 Å². The van der Waals surface area contributed by atoms with Crippen molar-refractivity contribution in [3.8, 4) is 0 Å². The molecule has 0 amide bonds. The van der Waals surface area contributed by atoms with Gasteiger partial charge >= 0.3 is 0 Å². The van der Waals surface area contributed by atoms with Gasteiger partial charge in [-0.05, 0) is 18.7 Å². The van der Waals surface area contributed by atoms with Crippen molar-refractivity contribution in [2.24, 2.45) is 0 Å². The largest absolute Gasteiger partial charge is 0.369 e. The average molecular weight is 218 g/mol. The van der Waals surface area contributed by atoms with Crippen molar-refractivity contribution in [3.05, 3.63) is 36.9 Å². The van der Waals surface area contributed by atoms with E-state index in [9.17, 15) is 0 Å². The molecule has 87 valence electrons. The van der Waals surface area contributed by atoms with E-state index in [1.54, 1.807) is 0 Å². The quantitative estimate of drug-likeness (QED) is 0.825. The summed E-state index contributed by atoms with van der Waals surface area (Å²) >= 11 is 0. The minimum absolute atomic E-state index is 0.836. The highest BCUT2D eigenvalue weighted by Crippen LogP contribution is 2.21. The molecule has 1 heterocycles. The maximum absolute atomic E-state index is 3.70. The van der Waals surface area contributed by atoms with Crippen LogP contribution in [0.1, 0.15) is 5.56 Å². The second-order valence-corrected chi connectivity index (χ2v) is 4.35. The molecule has 1 aliphatic heterocycles. The van der Waals surface area contributed by atoms with Crippen LogP contribution in [0.5, 0.6) is 0 Å². The Bertz CT molecular complexity index is 330. The number of rotatable bonds is 3. The number of hydrogen-bond acceptors (Lipinski definition) is 3. The molecule has 1 aliphatic rings. The van der Waals surface area contributed by atoms with Crippen LogP contribution in [0, 0.1) is 7.05 Å². The average Bonchev–Trinajstić information content (AvgIpc) is 2.32. The molecule has 1 aromatic rings. The highest BCUT2D eigenvalue weighted by molar-refractivity contribution is 5.54. The van der Waals surface area contributed by atoms with Gasteiger partial charge in [0.2, 0.25) is 0 Å². The molecule has 16 heavy (non-hydrogen) atoms. The van der Waals surface area contributed by atoms with E-state index in [0.717, 1.165) is 32.7 Å². The third-order valence-electron chi connectivity index (χ3n) is 3.15. The summed E-state index contributed by atoms with van der Waals surface area (Å²) in [4.78, 5) is 4.84. The second-order valence-electron chi connectivity index (χ2n) is 4.35. The SMILES string of the molecule is [CH2]NCc1ccccc1N1CCN(C)CC1. The first-order valence-corrected chi connectivity index (χ1v) is 5.82. The molecule has 0 saturated carbocycles. The molecule has 3 nitrogen and oxygen atoms in total. The molecular formula is C13H20N3. The molecule has 0 unspecified atom stereocenters. The maximum Gasteiger partial charge on any atom is 0.0412 e. The molecule has 1 radical (unpaired) electrons. The Kier molecular flexibility index (Phi) is 3.80. The van der Waals surface area contributed by atoms with E-state index < -0.39 is 0 Å². The summed E-state index contributed by atoms with van der Waals surface area (Å²) < 4.78 is 0. The zero-order valence-corrected chi connectivity index (χ0v) is 9.95. The third-order valence-corrected chi connectivity index (χ3v) is 3.15. The van der Waals surface area contributed by atoms with Gasteiger partial charge in [0.15, 0.2) is 0 Å². The molecule has 0 atom stereocenters. The van der Waals surface area contributed by atoms with E-state index in [1.165, 1.54) is 11.3 Å². The molecule has 1 aromatic carbocycles. The molecule has 2 rings (SSSR count). The third kappa shape index (κ3) is 2.54. The van der Waals surface area contributed by atoms with Gasteiger partial charge in [-0.1, -0.05) is 18.2 Å². The van der Waals surface area contributed by atoms with E-state index in [0.29, 0.717) is 0 Å². The fourth-order valence-corrected chi connectivity index (χ4v) is 2.15. The van der Waals surface area contributed by atoms with Crippen molar-refractivity contribution in [2.75, 3.05) is 38.1 Å². The molecule has 3 heteroatoms. The summed E-state index contributed by atoms with van der Waals surface area (Å²) in [7, 11) is 5.88. The highest BCUT2D eigenvalue weighted by Gasteiger charge is 2.15. The summed E-state index contributed by atoms with van der Waals surface area (Å²) in [6.45, 7) is 5.36.